The second-order valence-corrected chi connectivity index (χ2v) is 5.70. The minimum absolute atomic E-state index is 0.128. The summed E-state index contributed by atoms with van der Waals surface area (Å²) in [5.74, 6) is -0.447. The number of ether oxygens (including phenoxy) is 2. The van der Waals surface area contributed by atoms with Gasteiger partial charge in [0.05, 0.1) is 18.4 Å². The van der Waals surface area contributed by atoms with E-state index in [9.17, 15) is 0 Å². The Balaban J connectivity index is 1.48. The second-order valence-electron chi connectivity index (χ2n) is 5.70. The third-order valence-electron chi connectivity index (χ3n) is 3.47. The molecule has 1 N–H and O–H groups in total. The van der Waals surface area contributed by atoms with Crippen LogP contribution in [-0.2, 0) is 16.0 Å². The SMILES string of the molecule is CC1(C)OCC(CNCc2ccc(-n3cccn3)cc2)O1. The zero-order valence-electron chi connectivity index (χ0n) is 12.5. The predicted octanol–water partition coefficient (Wildman–Crippen LogP) is 2.11. The molecule has 1 aliphatic rings. The van der Waals surface area contributed by atoms with E-state index >= 15 is 0 Å². The first kappa shape index (κ1) is 14.3. The van der Waals surface area contributed by atoms with Crippen LogP contribution in [0.5, 0.6) is 0 Å². The predicted molar refractivity (Wildman–Crippen MR) is 80.2 cm³/mol. The van der Waals surface area contributed by atoms with Crippen molar-refractivity contribution in [1.29, 1.82) is 0 Å². The molecule has 0 radical (unpaired) electrons. The van der Waals surface area contributed by atoms with Gasteiger partial charge < -0.3 is 14.8 Å². The Morgan fingerprint density at radius 1 is 1.33 bits per heavy atom. The molecule has 5 nitrogen and oxygen atoms in total. The van der Waals surface area contributed by atoms with Crippen molar-refractivity contribution < 1.29 is 9.47 Å². The van der Waals surface area contributed by atoms with E-state index in [4.69, 9.17) is 9.47 Å². The molecule has 1 aliphatic heterocycles. The highest BCUT2D eigenvalue weighted by Gasteiger charge is 2.32. The minimum Gasteiger partial charge on any atom is -0.348 e. The molecule has 0 saturated carbocycles. The van der Waals surface area contributed by atoms with Gasteiger partial charge in [-0.05, 0) is 37.6 Å². The summed E-state index contributed by atoms with van der Waals surface area (Å²) in [6.45, 7) is 6.16. The molecular weight excluding hydrogens is 266 g/mol. The molecule has 0 aliphatic carbocycles. The summed E-state index contributed by atoms with van der Waals surface area (Å²) in [6.07, 6.45) is 3.84. The highest BCUT2D eigenvalue weighted by atomic mass is 16.7. The lowest BCUT2D eigenvalue weighted by Gasteiger charge is -2.17. The van der Waals surface area contributed by atoms with Gasteiger partial charge in [-0.3, -0.25) is 0 Å². The van der Waals surface area contributed by atoms with Crippen molar-refractivity contribution >= 4 is 0 Å². The van der Waals surface area contributed by atoms with Crippen molar-refractivity contribution in [3.05, 3.63) is 48.3 Å². The van der Waals surface area contributed by atoms with E-state index < -0.39 is 5.79 Å². The van der Waals surface area contributed by atoms with Crippen LogP contribution in [0.2, 0.25) is 0 Å². The number of benzene rings is 1. The van der Waals surface area contributed by atoms with E-state index in [0.717, 1.165) is 18.8 Å². The monoisotopic (exact) mass is 287 g/mol. The Bertz CT molecular complexity index is 564. The summed E-state index contributed by atoms with van der Waals surface area (Å²) in [4.78, 5) is 0. The largest absolute Gasteiger partial charge is 0.348 e. The summed E-state index contributed by atoms with van der Waals surface area (Å²) in [7, 11) is 0. The number of hydrogen-bond donors (Lipinski definition) is 1. The number of hydrogen-bond acceptors (Lipinski definition) is 4. The second kappa shape index (κ2) is 5.97. The highest BCUT2D eigenvalue weighted by Crippen LogP contribution is 2.21. The van der Waals surface area contributed by atoms with E-state index in [1.54, 1.807) is 6.20 Å². The topological polar surface area (TPSA) is 48.3 Å². The van der Waals surface area contributed by atoms with Crippen LogP contribution < -0.4 is 5.32 Å². The number of nitrogens with one attached hydrogen (secondary N) is 1. The Hall–Kier alpha value is -1.69. The Morgan fingerprint density at radius 3 is 2.76 bits per heavy atom. The van der Waals surface area contributed by atoms with Crippen LogP contribution in [0.3, 0.4) is 0 Å². The first-order chi connectivity index (χ1) is 10.1. The molecule has 2 heterocycles. The average Bonchev–Trinajstić information content (AvgIpc) is 3.09. The molecule has 112 valence electrons. The fraction of sp³-hybridized carbons (Fsp3) is 0.438. The number of aromatic nitrogens is 2. The van der Waals surface area contributed by atoms with Crippen LogP contribution in [-0.4, -0.2) is 34.8 Å². The van der Waals surface area contributed by atoms with Crippen molar-refractivity contribution in [2.24, 2.45) is 0 Å². The van der Waals surface area contributed by atoms with E-state index in [1.165, 1.54) is 5.56 Å². The zero-order chi connectivity index (χ0) is 14.7. The van der Waals surface area contributed by atoms with Crippen LogP contribution >= 0.6 is 0 Å². The maximum atomic E-state index is 5.76. The molecule has 0 amide bonds. The third-order valence-corrected chi connectivity index (χ3v) is 3.47. The number of rotatable bonds is 5. The van der Waals surface area contributed by atoms with Gasteiger partial charge in [0.25, 0.3) is 0 Å². The van der Waals surface area contributed by atoms with Crippen molar-refractivity contribution in [3.8, 4) is 5.69 Å². The summed E-state index contributed by atoms with van der Waals surface area (Å²) in [5, 5.41) is 7.62. The molecule has 2 aromatic rings. The standard InChI is InChI=1S/C16H21N3O2/c1-16(2)20-12-15(21-16)11-17-10-13-4-6-14(7-5-13)19-9-3-8-18-19/h3-9,15,17H,10-12H2,1-2H3. The van der Waals surface area contributed by atoms with Gasteiger partial charge in [-0.25, -0.2) is 4.68 Å². The van der Waals surface area contributed by atoms with E-state index in [-0.39, 0.29) is 6.10 Å². The van der Waals surface area contributed by atoms with Crippen LogP contribution in [0.25, 0.3) is 5.69 Å². The smallest absolute Gasteiger partial charge is 0.163 e. The van der Waals surface area contributed by atoms with Crippen molar-refractivity contribution in [1.82, 2.24) is 15.1 Å². The lowest BCUT2D eigenvalue weighted by atomic mass is 10.2. The summed E-state index contributed by atoms with van der Waals surface area (Å²) in [5.41, 5.74) is 2.31. The van der Waals surface area contributed by atoms with Gasteiger partial charge in [0, 0.05) is 25.5 Å². The highest BCUT2D eigenvalue weighted by molar-refractivity contribution is 5.33. The van der Waals surface area contributed by atoms with E-state index in [1.807, 2.05) is 30.8 Å². The molecule has 1 aromatic heterocycles. The van der Waals surface area contributed by atoms with Gasteiger partial charge in [0.2, 0.25) is 0 Å². The number of nitrogens with zero attached hydrogens (tertiary/aromatic N) is 2. The molecule has 1 aromatic carbocycles. The van der Waals surface area contributed by atoms with E-state index in [2.05, 4.69) is 34.7 Å². The molecule has 3 rings (SSSR count). The molecule has 1 saturated heterocycles. The van der Waals surface area contributed by atoms with Crippen molar-refractivity contribution in [2.45, 2.75) is 32.3 Å². The zero-order valence-corrected chi connectivity index (χ0v) is 12.5. The first-order valence-electron chi connectivity index (χ1n) is 7.24. The van der Waals surface area contributed by atoms with Crippen LogP contribution in [0.15, 0.2) is 42.7 Å². The van der Waals surface area contributed by atoms with Gasteiger partial charge in [-0.15, -0.1) is 0 Å². The van der Waals surface area contributed by atoms with Crippen LogP contribution in [0.4, 0.5) is 0 Å². The van der Waals surface area contributed by atoms with Crippen molar-refractivity contribution in [3.63, 3.8) is 0 Å². The third kappa shape index (κ3) is 3.69. The van der Waals surface area contributed by atoms with Gasteiger partial charge >= 0.3 is 0 Å². The van der Waals surface area contributed by atoms with Gasteiger partial charge in [0.15, 0.2) is 5.79 Å². The van der Waals surface area contributed by atoms with Gasteiger partial charge in [0.1, 0.15) is 0 Å². The molecule has 21 heavy (non-hydrogen) atoms. The maximum Gasteiger partial charge on any atom is 0.163 e. The summed E-state index contributed by atoms with van der Waals surface area (Å²) < 4.78 is 13.1. The molecule has 1 unspecified atom stereocenters. The Labute approximate surface area is 124 Å². The Kier molecular flexibility index (Phi) is 4.05. The molecule has 5 heteroatoms. The Morgan fingerprint density at radius 2 is 2.14 bits per heavy atom. The molecule has 1 fully saturated rings. The molecule has 1 atom stereocenters. The van der Waals surface area contributed by atoms with Crippen LogP contribution in [0.1, 0.15) is 19.4 Å². The normalized spacial score (nSPS) is 20.8. The quantitative estimate of drug-likeness (QED) is 0.915. The average molecular weight is 287 g/mol. The molecular formula is C16H21N3O2. The van der Waals surface area contributed by atoms with Crippen molar-refractivity contribution in [2.75, 3.05) is 13.2 Å². The molecule has 0 spiro atoms. The summed E-state index contributed by atoms with van der Waals surface area (Å²) in [6, 6.07) is 10.3. The first-order valence-corrected chi connectivity index (χ1v) is 7.24. The summed E-state index contributed by atoms with van der Waals surface area (Å²) >= 11 is 0. The minimum atomic E-state index is -0.447. The lowest BCUT2D eigenvalue weighted by molar-refractivity contribution is -0.137. The van der Waals surface area contributed by atoms with E-state index in [0.29, 0.717) is 6.61 Å². The van der Waals surface area contributed by atoms with Gasteiger partial charge in [-0.2, -0.15) is 5.10 Å². The lowest BCUT2D eigenvalue weighted by Crippen LogP contribution is -2.30. The fourth-order valence-electron chi connectivity index (χ4n) is 2.43. The van der Waals surface area contributed by atoms with Crippen LogP contribution in [0, 0.1) is 0 Å². The fourth-order valence-corrected chi connectivity index (χ4v) is 2.43. The maximum absolute atomic E-state index is 5.76. The van der Waals surface area contributed by atoms with Gasteiger partial charge in [-0.1, -0.05) is 12.1 Å². The molecule has 0 bridgehead atoms.